The Morgan fingerprint density at radius 3 is 2.14 bits per heavy atom. The van der Waals surface area contributed by atoms with Crippen molar-refractivity contribution in [1.29, 1.82) is 0 Å². The maximum absolute atomic E-state index is 13.0. The third-order valence-electron chi connectivity index (χ3n) is 5.52. The number of hydrogen-bond acceptors (Lipinski definition) is 6. The molecule has 5 rings (SSSR count). The van der Waals surface area contributed by atoms with Crippen molar-refractivity contribution in [2.75, 3.05) is 7.11 Å². The third-order valence-corrected chi connectivity index (χ3v) is 5.52. The first-order valence-electron chi connectivity index (χ1n) is 9.26. The van der Waals surface area contributed by atoms with E-state index in [1.165, 1.54) is 0 Å². The second kappa shape index (κ2) is 6.06. The van der Waals surface area contributed by atoms with E-state index in [1.54, 1.807) is 43.5 Å². The molecule has 0 unspecified atom stereocenters. The number of methoxy groups -OCH3 is 1. The number of benzene rings is 2. The minimum Gasteiger partial charge on any atom is -0.353 e. The van der Waals surface area contributed by atoms with Crippen LogP contribution in [0.1, 0.15) is 57.4 Å². The van der Waals surface area contributed by atoms with Crippen molar-refractivity contribution in [2.45, 2.75) is 44.2 Å². The summed E-state index contributed by atoms with van der Waals surface area (Å²) in [6.07, 6.45) is -1.74. The van der Waals surface area contributed by atoms with Crippen LogP contribution < -0.4 is 0 Å². The molecular weight excluding hydrogens is 360 g/mol. The molecule has 0 aromatic heterocycles. The van der Waals surface area contributed by atoms with Gasteiger partial charge in [0.25, 0.3) is 0 Å². The van der Waals surface area contributed by atoms with Crippen LogP contribution in [0, 0.1) is 0 Å². The van der Waals surface area contributed by atoms with Gasteiger partial charge < -0.3 is 18.9 Å². The molecule has 1 aliphatic carbocycles. The van der Waals surface area contributed by atoms with Gasteiger partial charge >= 0.3 is 0 Å². The van der Waals surface area contributed by atoms with Gasteiger partial charge in [-0.3, -0.25) is 9.59 Å². The summed E-state index contributed by atoms with van der Waals surface area (Å²) >= 11 is 0. The van der Waals surface area contributed by atoms with Crippen LogP contribution in [0.2, 0.25) is 0 Å². The van der Waals surface area contributed by atoms with Crippen molar-refractivity contribution in [3.05, 3.63) is 70.3 Å². The summed E-state index contributed by atoms with van der Waals surface area (Å²) in [4.78, 5) is 25.8. The number of carbonyl (C=O) groups excluding carboxylic acids is 2. The minimum atomic E-state index is -0.743. The van der Waals surface area contributed by atoms with Crippen LogP contribution in [0.4, 0.5) is 0 Å². The number of ketones is 2. The molecule has 6 nitrogen and oxygen atoms in total. The van der Waals surface area contributed by atoms with E-state index >= 15 is 0 Å². The van der Waals surface area contributed by atoms with Crippen LogP contribution in [0.3, 0.4) is 0 Å². The molecule has 0 spiro atoms. The van der Waals surface area contributed by atoms with Gasteiger partial charge in [0.1, 0.15) is 18.3 Å². The normalized spacial score (nSPS) is 30.1. The molecule has 2 aromatic carbocycles. The molecule has 0 bridgehead atoms. The van der Waals surface area contributed by atoms with Gasteiger partial charge in [-0.1, -0.05) is 30.3 Å². The molecule has 2 heterocycles. The van der Waals surface area contributed by atoms with Crippen molar-refractivity contribution in [2.24, 2.45) is 0 Å². The van der Waals surface area contributed by atoms with Crippen molar-refractivity contribution in [1.82, 2.24) is 0 Å². The number of fused-ring (bicyclic) bond motifs is 3. The van der Waals surface area contributed by atoms with Gasteiger partial charge in [0, 0.05) is 29.4 Å². The van der Waals surface area contributed by atoms with Crippen LogP contribution >= 0.6 is 0 Å². The monoisotopic (exact) mass is 380 g/mol. The average molecular weight is 380 g/mol. The van der Waals surface area contributed by atoms with Crippen molar-refractivity contribution < 1.29 is 28.5 Å². The quantitative estimate of drug-likeness (QED) is 0.681. The summed E-state index contributed by atoms with van der Waals surface area (Å²) in [5, 5.41) is 0. The van der Waals surface area contributed by atoms with Gasteiger partial charge in [0.2, 0.25) is 0 Å². The molecular formula is C22H20O6. The highest BCUT2D eigenvalue weighted by atomic mass is 16.8. The average Bonchev–Trinajstić information content (AvgIpc) is 3.18. The molecule has 2 aliphatic heterocycles. The van der Waals surface area contributed by atoms with Crippen molar-refractivity contribution in [3.8, 4) is 0 Å². The summed E-state index contributed by atoms with van der Waals surface area (Å²) in [5.41, 5.74) is 2.43. The molecule has 28 heavy (non-hydrogen) atoms. The highest BCUT2D eigenvalue weighted by Crippen LogP contribution is 2.45. The number of hydrogen-bond donors (Lipinski definition) is 0. The molecule has 4 atom stereocenters. The fourth-order valence-electron chi connectivity index (χ4n) is 4.31. The topological polar surface area (TPSA) is 71.1 Å². The second-order valence-electron chi connectivity index (χ2n) is 7.73. The Morgan fingerprint density at radius 1 is 0.857 bits per heavy atom. The van der Waals surface area contributed by atoms with Crippen molar-refractivity contribution >= 4 is 11.6 Å². The van der Waals surface area contributed by atoms with Gasteiger partial charge in [-0.2, -0.15) is 0 Å². The summed E-state index contributed by atoms with van der Waals surface area (Å²) in [6, 6.07) is 12.1. The predicted molar refractivity (Wildman–Crippen MR) is 98.2 cm³/mol. The van der Waals surface area contributed by atoms with Gasteiger partial charge in [-0.25, -0.2) is 0 Å². The summed E-state index contributed by atoms with van der Waals surface area (Å²) < 4.78 is 23.4. The van der Waals surface area contributed by atoms with E-state index in [1.807, 2.05) is 19.9 Å². The zero-order valence-electron chi connectivity index (χ0n) is 15.8. The maximum atomic E-state index is 13.0. The summed E-state index contributed by atoms with van der Waals surface area (Å²) in [5.74, 6) is -1.04. The third kappa shape index (κ3) is 2.49. The van der Waals surface area contributed by atoms with E-state index in [4.69, 9.17) is 18.9 Å². The fourth-order valence-corrected chi connectivity index (χ4v) is 4.31. The Morgan fingerprint density at radius 2 is 1.46 bits per heavy atom. The van der Waals surface area contributed by atoms with Crippen LogP contribution in [-0.4, -0.2) is 43.0 Å². The number of rotatable bonds is 2. The molecule has 6 heteroatoms. The lowest BCUT2D eigenvalue weighted by atomic mass is 9.82. The van der Waals surface area contributed by atoms with Crippen LogP contribution in [-0.2, 0) is 18.9 Å². The molecule has 0 radical (unpaired) electrons. The van der Waals surface area contributed by atoms with Gasteiger partial charge in [-0.15, -0.1) is 0 Å². The Bertz CT molecular complexity index is 994. The smallest absolute Gasteiger partial charge is 0.194 e. The Labute approximate surface area is 162 Å². The van der Waals surface area contributed by atoms with E-state index in [9.17, 15) is 9.59 Å². The van der Waals surface area contributed by atoms with Crippen molar-refractivity contribution in [3.63, 3.8) is 0 Å². The molecule has 0 saturated carbocycles. The Balaban J connectivity index is 1.55. The lowest BCUT2D eigenvalue weighted by Crippen LogP contribution is -2.30. The minimum absolute atomic E-state index is 0.140. The van der Waals surface area contributed by atoms with E-state index in [-0.39, 0.29) is 23.8 Å². The van der Waals surface area contributed by atoms with E-state index < -0.39 is 18.2 Å². The first kappa shape index (κ1) is 17.7. The highest BCUT2D eigenvalue weighted by Gasteiger charge is 2.56. The Kier molecular flexibility index (Phi) is 3.83. The zero-order valence-corrected chi connectivity index (χ0v) is 15.8. The standard InChI is InChI=1S/C22H20O6/c1-22(2)27-19-18(26-21(25-3)20(19)28-22)11-8-9-14-15(10-11)17(24)13-7-5-4-6-12(13)16(14)23/h4-10,18-21H,1-3H3/t18-,19+,20+,21+/m1/s1. The molecule has 144 valence electrons. The van der Waals surface area contributed by atoms with E-state index in [0.29, 0.717) is 22.3 Å². The molecule has 3 aliphatic rings. The zero-order chi connectivity index (χ0) is 19.6. The lowest BCUT2D eigenvalue weighted by molar-refractivity contribution is -0.228. The summed E-state index contributed by atoms with van der Waals surface area (Å²) in [7, 11) is 1.56. The first-order chi connectivity index (χ1) is 13.4. The highest BCUT2D eigenvalue weighted by molar-refractivity contribution is 6.28. The first-order valence-corrected chi connectivity index (χ1v) is 9.26. The molecule has 0 N–H and O–H groups in total. The van der Waals surface area contributed by atoms with Crippen LogP contribution in [0.25, 0.3) is 0 Å². The maximum Gasteiger partial charge on any atom is 0.194 e. The largest absolute Gasteiger partial charge is 0.353 e. The van der Waals surface area contributed by atoms with Gasteiger partial charge in [-0.05, 0) is 31.5 Å². The van der Waals surface area contributed by atoms with Crippen LogP contribution in [0.15, 0.2) is 42.5 Å². The molecule has 2 saturated heterocycles. The SMILES string of the molecule is CO[C@H]1O[C@H](c2ccc3c(c2)C(=O)c2ccccc2C3=O)[C@@H]2OC(C)(C)O[C@H]12. The molecule has 0 amide bonds. The van der Waals surface area contributed by atoms with Gasteiger partial charge in [0.05, 0.1) is 0 Å². The predicted octanol–water partition coefficient (Wildman–Crippen LogP) is 3.03. The van der Waals surface area contributed by atoms with Gasteiger partial charge in [0.15, 0.2) is 23.6 Å². The fraction of sp³-hybridized carbons (Fsp3) is 0.364. The number of carbonyl (C=O) groups is 2. The Hall–Kier alpha value is -2.38. The second-order valence-corrected chi connectivity index (χ2v) is 7.73. The molecule has 2 fully saturated rings. The van der Waals surface area contributed by atoms with E-state index in [2.05, 4.69) is 0 Å². The molecule has 2 aromatic rings. The van der Waals surface area contributed by atoms with E-state index in [0.717, 1.165) is 5.56 Å². The number of ether oxygens (including phenoxy) is 4. The van der Waals surface area contributed by atoms with Crippen LogP contribution in [0.5, 0.6) is 0 Å². The lowest BCUT2D eigenvalue weighted by Gasteiger charge is -2.24. The summed E-state index contributed by atoms with van der Waals surface area (Å²) in [6.45, 7) is 3.70.